The van der Waals surface area contributed by atoms with E-state index in [4.69, 9.17) is 0 Å². The minimum Gasteiger partial charge on any atom is -0.320 e. The van der Waals surface area contributed by atoms with Crippen LogP contribution in [0.2, 0.25) is 0 Å². The summed E-state index contributed by atoms with van der Waals surface area (Å²) >= 11 is 0. The first kappa shape index (κ1) is 20.9. The lowest BCUT2D eigenvalue weighted by Crippen LogP contribution is -2.18. The Hall–Kier alpha value is -2.37. The molecule has 0 aliphatic heterocycles. The Kier molecular flexibility index (Phi) is 8.30. The number of fused-ring (bicyclic) bond motifs is 1. The van der Waals surface area contributed by atoms with Crippen LogP contribution in [0.25, 0.3) is 11.0 Å². The van der Waals surface area contributed by atoms with Crippen molar-refractivity contribution in [2.24, 2.45) is 0 Å². The first-order valence-electron chi connectivity index (χ1n) is 9.21. The van der Waals surface area contributed by atoms with E-state index in [0.29, 0.717) is 12.4 Å². The summed E-state index contributed by atoms with van der Waals surface area (Å²) in [6, 6.07) is 18.5. The summed E-state index contributed by atoms with van der Waals surface area (Å²) in [6.07, 6.45) is 3.31. The van der Waals surface area contributed by atoms with Crippen LogP contribution in [0.1, 0.15) is 24.8 Å². The molecule has 0 bridgehead atoms. The normalized spacial score (nSPS) is 10.6. The van der Waals surface area contributed by atoms with Crippen molar-refractivity contribution >= 4 is 35.3 Å². The van der Waals surface area contributed by atoms with Gasteiger partial charge in [0.2, 0.25) is 11.9 Å². The summed E-state index contributed by atoms with van der Waals surface area (Å²) in [5, 5.41) is 6.06. The molecule has 27 heavy (non-hydrogen) atoms. The van der Waals surface area contributed by atoms with Crippen LogP contribution in [0.4, 0.5) is 5.95 Å². The fourth-order valence-electron chi connectivity index (χ4n) is 3.10. The fourth-order valence-corrected chi connectivity index (χ4v) is 3.10. The van der Waals surface area contributed by atoms with Crippen molar-refractivity contribution in [2.45, 2.75) is 32.2 Å². The van der Waals surface area contributed by atoms with Gasteiger partial charge in [-0.1, -0.05) is 42.5 Å². The van der Waals surface area contributed by atoms with Crippen molar-refractivity contribution in [3.63, 3.8) is 0 Å². The molecule has 5 nitrogen and oxygen atoms in total. The Balaban J connectivity index is 0.00000261. The van der Waals surface area contributed by atoms with Crippen molar-refractivity contribution in [3.05, 3.63) is 60.2 Å². The van der Waals surface area contributed by atoms with E-state index in [9.17, 15) is 4.79 Å². The zero-order valence-corrected chi connectivity index (χ0v) is 16.5. The molecule has 6 heteroatoms. The number of nitrogens with zero attached hydrogens (tertiary/aromatic N) is 2. The molecular weight excluding hydrogens is 360 g/mol. The number of anilines is 1. The first-order chi connectivity index (χ1) is 12.8. The van der Waals surface area contributed by atoms with Gasteiger partial charge in [-0.3, -0.25) is 10.1 Å². The van der Waals surface area contributed by atoms with E-state index >= 15 is 0 Å². The third-order valence-corrected chi connectivity index (χ3v) is 4.43. The summed E-state index contributed by atoms with van der Waals surface area (Å²) in [4.78, 5) is 16.8. The fraction of sp³-hybridized carbons (Fsp3) is 0.333. The number of nitrogens with one attached hydrogen (secondary N) is 2. The number of rotatable bonds is 9. The Morgan fingerprint density at radius 1 is 1.04 bits per heavy atom. The highest BCUT2D eigenvalue weighted by Gasteiger charge is 2.12. The van der Waals surface area contributed by atoms with E-state index in [0.717, 1.165) is 43.4 Å². The first-order valence-corrected chi connectivity index (χ1v) is 9.21. The largest absolute Gasteiger partial charge is 0.320 e. The maximum atomic E-state index is 12.2. The third-order valence-electron chi connectivity index (χ3n) is 4.43. The van der Waals surface area contributed by atoms with Crippen LogP contribution in [-0.4, -0.2) is 29.1 Å². The molecule has 2 N–H and O–H groups in total. The second-order valence-electron chi connectivity index (χ2n) is 6.42. The molecule has 0 unspecified atom stereocenters. The molecule has 0 saturated heterocycles. The minimum atomic E-state index is 0. The van der Waals surface area contributed by atoms with Crippen LogP contribution in [0.5, 0.6) is 0 Å². The number of benzene rings is 2. The van der Waals surface area contributed by atoms with E-state index in [1.807, 2.05) is 31.3 Å². The van der Waals surface area contributed by atoms with Crippen molar-refractivity contribution in [1.82, 2.24) is 14.9 Å². The maximum absolute atomic E-state index is 12.2. The summed E-state index contributed by atoms with van der Waals surface area (Å²) < 4.78 is 2.12. The molecule has 0 radical (unpaired) electrons. The van der Waals surface area contributed by atoms with Crippen molar-refractivity contribution in [3.8, 4) is 0 Å². The smallest absolute Gasteiger partial charge is 0.226 e. The van der Waals surface area contributed by atoms with Crippen LogP contribution in [-0.2, 0) is 17.8 Å². The molecule has 1 aromatic heterocycles. The van der Waals surface area contributed by atoms with Gasteiger partial charge >= 0.3 is 0 Å². The topological polar surface area (TPSA) is 59.0 Å². The average Bonchev–Trinajstić information content (AvgIpc) is 3.00. The highest BCUT2D eigenvalue weighted by Crippen LogP contribution is 2.21. The van der Waals surface area contributed by atoms with Gasteiger partial charge in [0.25, 0.3) is 0 Å². The van der Waals surface area contributed by atoms with E-state index < -0.39 is 0 Å². The number of carbonyl (C=O) groups is 1. The number of hydrogen-bond acceptors (Lipinski definition) is 3. The van der Waals surface area contributed by atoms with Crippen LogP contribution in [0, 0.1) is 0 Å². The summed E-state index contributed by atoms with van der Waals surface area (Å²) in [6.45, 7) is 1.66. The Bertz CT molecular complexity index is 848. The third kappa shape index (κ3) is 5.81. The van der Waals surface area contributed by atoms with Crippen molar-refractivity contribution < 1.29 is 4.79 Å². The van der Waals surface area contributed by atoms with Gasteiger partial charge in [-0.25, -0.2) is 4.98 Å². The number of imidazole rings is 1. The van der Waals surface area contributed by atoms with Crippen LogP contribution in [0.15, 0.2) is 54.6 Å². The molecule has 0 saturated carbocycles. The molecule has 1 amide bonds. The van der Waals surface area contributed by atoms with Crippen molar-refractivity contribution in [1.29, 1.82) is 0 Å². The molecule has 0 aliphatic rings. The predicted octanol–water partition coefficient (Wildman–Crippen LogP) is 4.03. The molecule has 0 atom stereocenters. The zero-order valence-electron chi connectivity index (χ0n) is 15.6. The van der Waals surface area contributed by atoms with Gasteiger partial charge in [-0.05, 0) is 50.6 Å². The summed E-state index contributed by atoms with van der Waals surface area (Å²) in [5.41, 5.74) is 3.30. The molecule has 0 aliphatic carbocycles. The second-order valence-corrected chi connectivity index (χ2v) is 6.42. The lowest BCUT2D eigenvalue weighted by atomic mass is 10.1. The quantitative estimate of drug-likeness (QED) is 0.546. The molecule has 3 aromatic rings. The lowest BCUT2D eigenvalue weighted by molar-refractivity contribution is -0.116. The number of hydrogen-bond donors (Lipinski definition) is 2. The Morgan fingerprint density at radius 3 is 2.56 bits per heavy atom. The van der Waals surface area contributed by atoms with Gasteiger partial charge in [0.05, 0.1) is 11.0 Å². The number of amides is 1. The monoisotopic (exact) mass is 386 g/mol. The van der Waals surface area contributed by atoms with Gasteiger partial charge < -0.3 is 9.88 Å². The number of halogens is 1. The van der Waals surface area contributed by atoms with Gasteiger partial charge in [-0.15, -0.1) is 12.4 Å². The standard InChI is InChI=1S/C21H26N4O.ClH/c1-22-15-7-14-20(26)24-21-23-18-12-5-6-13-19(18)25(21)16-8-11-17-9-3-2-4-10-17;/h2-6,9-10,12-13,22H,7-8,11,14-16H2,1H3,(H,23,24,26);1H. The van der Waals surface area contributed by atoms with E-state index in [1.165, 1.54) is 5.56 Å². The second kappa shape index (κ2) is 10.7. The highest BCUT2D eigenvalue weighted by molar-refractivity contribution is 5.91. The zero-order chi connectivity index (χ0) is 18.2. The molecule has 144 valence electrons. The van der Waals surface area contributed by atoms with E-state index in [1.54, 1.807) is 0 Å². The molecule has 0 spiro atoms. The van der Waals surface area contributed by atoms with Crippen LogP contribution in [0.3, 0.4) is 0 Å². The molecule has 0 fully saturated rings. The van der Waals surface area contributed by atoms with Gasteiger partial charge in [-0.2, -0.15) is 0 Å². The Labute approximate surface area is 166 Å². The number of aromatic nitrogens is 2. The molecule has 2 aromatic carbocycles. The van der Waals surface area contributed by atoms with Gasteiger partial charge in [0, 0.05) is 13.0 Å². The minimum absolute atomic E-state index is 0. The SMILES string of the molecule is CNCCCC(=O)Nc1nc2ccccc2n1CCCc1ccccc1.Cl. The van der Waals surface area contributed by atoms with Gasteiger partial charge in [0.1, 0.15) is 0 Å². The number of aryl methyl sites for hydroxylation is 2. The maximum Gasteiger partial charge on any atom is 0.226 e. The van der Waals surface area contributed by atoms with Crippen molar-refractivity contribution in [2.75, 3.05) is 18.9 Å². The summed E-state index contributed by atoms with van der Waals surface area (Å²) in [7, 11) is 1.89. The van der Waals surface area contributed by atoms with Gasteiger partial charge in [0.15, 0.2) is 0 Å². The van der Waals surface area contributed by atoms with Crippen LogP contribution >= 0.6 is 12.4 Å². The molecule has 3 rings (SSSR count). The van der Waals surface area contributed by atoms with Crippen LogP contribution < -0.4 is 10.6 Å². The van der Waals surface area contributed by atoms with E-state index in [-0.39, 0.29) is 18.3 Å². The number of para-hydroxylation sites is 2. The number of carbonyl (C=O) groups excluding carboxylic acids is 1. The highest BCUT2D eigenvalue weighted by atomic mass is 35.5. The molecular formula is C21H27ClN4O. The van der Waals surface area contributed by atoms with E-state index in [2.05, 4.69) is 50.5 Å². The average molecular weight is 387 g/mol. The predicted molar refractivity (Wildman–Crippen MR) is 114 cm³/mol. The lowest BCUT2D eigenvalue weighted by Gasteiger charge is -2.10. The summed E-state index contributed by atoms with van der Waals surface area (Å²) in [5.74, 6) is 0.661. The Morgan fingerprint density at radius 2 is 1.78 bits per heavy atom. The molecule has 1 heterocycles.